The molecule has 0 heterocycles. The van der Waals surface area contributed by atoms with Crippen molar-refractivity contribution in [3.8, 4) is 0 Å². The molecule has 1 rings (SSSR count). The monoisotopic (exact) mass is 313 g/mol. The quantitative estimate of drug-likeness (QED) is 0.715. The summed E-state index contributed by atoms with van der Waals surface area (Å²) in [6.07, 6.45) is 1.25. The SMILES string of the molecule is CCS(=O)(=O)c1ccc(NC(=O)CCCCC(=O)O)cc1. The highest BCUT2D eigenvalue weighted by molar-refractivity contribution is 7.91. The van der Waals surface area contributed by atoms with Crippen LogP contribution in [0.15, 0.2) is 29.2 Å². The molecule has 0 aliphatic rings. The van der Waals surface area contributed by atoms with Gasteiger partial charge in [0.2, 0.25) is 5.91 Å². The van der Waals surface area contributed by atoms with Crippen LogP contribution in [0.5, 0.6) is 0 Å². The van der Waals surface area contributed by atoms with Crippen LogP contribution in [-0.2, 0) is 19.4 Å². The molecule has 0 atom stereocenters. The maximum absolute atomic E-state index is 11.6. The van der Waals surface area contributed by atoms with E-state index in [1.165, 1.54) is 24.3 Å². The molecule has 116 valence electrons. The number of nitrogens with one attached hydrogen (secondary N) is 1. The summed E-state index contributed by atoms with van der Waals surface area (Å²) >= 11 is 0. The Hall–Kier alpha value is -1.89. The maximum atomic E-state index is 11.6. The molecule has 6 nitrogen and oxygen atoms in total. The second-order valence-electron chi connectivity index (χ2n) is 4.58. The van der Waals surface area contributed by atoms with Crippen LogP contribution < -0.4 is 5.32 Å². The number of unbranched alkanes of at least 4 members (excludes halogenated alkanes) is 1. The van der Waals surface area contributed by atoms with Gasteiger partial charge < -0.3 is 10.4 Å². The van der Waals surface area contributed by atoms with E-state index in [-0.39, 0.29) is 29.4 Å². The second-order valence-corrected chi connectivity index (χ2v) is 6.86. The third kappa shape index (κ3) is 5.95. The first kappa shape index (κ1) is 17.2. The molecule has 1 amide bonds. The number of amides is 1. The average Bonchev–Trinajstić information content (AvgIpc) is 2.44. The molecule has 1 aromatic carbocycles. The predicted molar refractivity (Wildman–Crippen MR) is 78.9 cm³/mol. The highest BCUT2D eigenvalue weighted by Gasteiger charge is 2.11. The van der Waals surface area contributed by atoms with Crippen molar-refractivity contribution in [3.05, 3.63) is 24.3 Å². The lowest BCUT2D eigenvalue weighted by Gasteiger charge is -2.06. The van der Waals surface area contributed by atoms with E-state index in [1.807, 2.05) is 0 Å². The number of carboxylic acids is 1. The first-order chi connectivity index (χ1) is 9.85. The number of benzene rings is 1. The lowest BCUT2D eigenvalue weighted by atomic mass is 10.2. The van der Waals surface area contributed by atoms with E-state index in [1.54, 1.807) is 6.92 Å². The summed E-state index contributed by atoms with van der Waals surface area (Å²) in [4.78, 5) is 22.2. The third-order valence-electron chi connectivity index (χ3n) is 2.92. The van der Waals surface area contributed by atoms with Gasteiger partial charge in [0.05, 0.1) is 10.6 Å². The summed E-state index contributed by atoms with van der Waals surface area (Å²) in [5.74, 6) is -1.06. The van der Waals surface area contributed by atoms with Crippen LogP contribution >= 0.6 is 0 Å². The smallest absolute Gasteiger partial charge is 0.303 e. The number of rotatable bonds is 8. The van der Waals surface area contributed by atoms with E-state index in [2.05, 4.69) is 5.32 Å². The summed E-state index contributed by atoms with van der Waals surface area (Å²) < 4.78 is 23.3. The lowest BCUT2D eigenvalue weighted by Crippen LogP contribution is -2.11. The Balaban J connectivity index is 2.49. The van der Waals surface area contributed by atoms with Gasteiger partial charge in [-0.15, -0.1) is 0 Å². The molecule has 0 saturated carbocycles. The van der Waals surface area contributed by atoms with E-state index in [0.29, 0.717) is 18.5 Å². The molecule has 0 aromatic heterocycles. The second kappa shape index (κ2) is 7.78. The van der Waals surface area contributed by atoms with Gasteiger partial charge in [0, 0.05) is 18.5 Å². The third-order valence-corrected chi connectivity index (χ3v) is 4.67. The first-order valence-electron chi connectivity index (χ1n) is 6.69. The normalized spacial score (nSPS) is 11.1. The van der Waals surface area contributed by atoms with Crippen molar-refractivity contribution in [2.24, 2.45) is 0 Å². The Kier molecular flexibility index (Phi) is 6.36. The molecule has 0 aliphatic carbocycles. The Labute approximate surface area is 124 Å². The average molecular weight is 313 g/mol. The number of anilines is 1. The Morgan fingerprint density at radius 2 is 1.67 bits per heavy atom. The number of hydrogen-bond acceptors (Lipinski definition) is 4. The number of carboxylic acid groups (broad SMARTS) is 1. The largest absolute Gasteiger partial charge is 0.481 e. The molecule has 0 aliphatic heterocycles. The van der Waals surface area contributed by atoms with E-state index < -0.39 is 15.8 Å². The summed E-state index contributed by atoms with van der Waals surface area (Å²) in [5.41, 5.74) is 0.522. The molecule has 1 aromatic rings. The summed E-state index contributed by atoms with van der Waals surface area (Å²) in [5, 5.41) is 11.1. The molecule has 0 fully saturated rings. The van der Waals surface area contributed by atoms with E-state index in [9.17, 15) is 18.0 Å². The molecular weight excluding hydrogens is 294 g/mol. The number of sulfone groups is 1. The number of hydrogen-bond donors (Lipinski definition) is 2. The predicted octanol–water partition coefficient (Wildman–Crippen LogP) is 2.06. The van der Waals surface area contributed by atoms with Gasteiger partial charge in [-0.05, 0) is 37.1 Å². The van der Waals surface area contributed by atoms with E-state index >= 15 is 0 Å². The first-order valence-corrected chi connectivity index (χ1v) is 8.35. The fourth-order valence-corrected chi connectivity index (χ4v) is 2.58. The van der Waals surface area contributed by atoms with Crippen molar-refractivity contribution in [2.75, 3.05) is 11.1 Å². The van der Waals surface area contributed by atoms with Gasteiger partial charge in [0.25, 0.3) is 0 Å². The Morgan fingerprint density at radius 3 is 2.19 bits per heavy atom. The van der Waals surface area contributed by atoms with Crippen molar-refractivity contribution in [3.63, 3.8) is 0 Å². The number of carbonyl (C=O) groups excluding carboxylic acids is 1. The van der Waals surface area contributed by atoms with Gasteiger partial charge in [-0.1, -0.05) is 6.92 Å². The molecule has 21 heavy (non-hydrogen) atoms. The van der Waals surface area contributed by atoms with E-state index in [0.717, 1.165) is 0 Å². The van der Waals surface area contributed by atoms with Gasteiger partial charge >= 0.3 is 5.97 Å². The number of aliphatic carboxylic acids is 1. The summed E-state index contributed by atoms with van der Waals surface area (Å²) in [6, 6.07) is 5.99. The van der Waals surface area contributed by atoms with Crippen LogP contribution in [0.2, 0.25) is 0 Å². The van der Waals surface area contributed by atoms with Crippen molar-refractivity contribution in [2.45, 2.75) is 37.5 Å². The number of carbonyl (C=O) groups is 2. The highest BCUT2D eigenvalue weighted by Crippen LogP contribution is 2.15. The van der Waals surface area contributed by atoms with Gasteiger partial charge in [-0.2, -0.15) is 0 Å². The van der Waals surface area contributed by atoms with Gasteiger partial charge in [0.1, 0.15) is 0 Å². The molecule has 2 N–H and O–H groups in total. The van der Waals surface area contributed by atoms with Crippen molar-refractivity contribution in [1.29, 1.82) is 0 Å². The highest BCUT2D eigenvalue weighted by atomic mass is 32.2. The van der Waals surface area contributed by atoms with Crippen LogP contribution in [0.1, 0.15) is 32.6 Å². The molecule has 0 spiro atoms. The maximum Gasteiger partial charge on any atom is 0.303 e. The van der Waals surface area contributed by atoms with Crippen molar-refractivity contribution < 1.29 is 23.1 Å². The molecule has 0 bridgehead atoms. The standard InChI is InChI=1S/C14H19NO5S/c1-2-21(19,20)12-9-7-11(8-10-12)15-13(16)5-3-4-6-14(17)18/h7-10H,2-6H2,1H3,(H,15,16)(H,17,18). The molecule has 7 heteroatoms. The zero-order valence-electron chi connectivity index (χ0n) is 11.8. The molecule has 0 unspecified atom stereocenters. The minimum absolute atomic E-state index is 0.0300. The molecule has 0 radical (unpaired) electrons. The van der Waals surface area contributed by atoms with Crippen LogP contribution in [0.25, 0.3) is 0 Å². The van der Waals surface area contributed by atoms with Crippen LogP contribution in [0, 0.1) is 0 Å². The Bertz CT molecular complexity index is 592. The van der Waals surface area contributed by atoms with Gasteiger partial charge in [-0.3, -0.25) is 9.59 Å². The van der Waals surface area contributed by atoms with Gasteiger partial charge in [0.15, 0.2) is 9.84 Å². The van der Waals surface area contributed by atoms with E-state index in [4.69, 9.17) is 5.11 Å². The Morgan fingerprint density at radius 1 is 1.10 bits per heavy atom. The fourth-order valence-electron chi connectivity index (χ4n) is 1.70. The summed E-state index contributed by atoms with van der Waals surface area (Å²) in [6.45, 7) is 1.57. The van der Waals surface area contributed by atoms with Crippen LogP contribution in [-0.4, -0.2) is 31.2 Å². The lowest BCUT2D eigenvalue weighted by molar-refractivity contribution is -0.137. The fraction of sp³-hybridized carbons (Fsp3) is 0.429. The zero-order chi connectivity index (χ0) is 15.9. The minimum Gasteiger partial charge on any atom is -0.481 e. The van der Waals surface area contributed by atoms with Crippen molar-refractivity contribution >= 4 is 27.4 Å². The van der Waals surface area contributed by atoms with Crippen molar-refractivity contribution in [1.82, 2.24) is 0 Å². The topological polar surface area (TPSA) is 101 Å². The van der Waals surface area contributed by atoms with Crippen LogP contribution in [0.4, 0.5) is 5.69 Å². The minimum atomic E-state index is -3.24. The summed E-state index contributed by atoms with van der Waals surface area (Å²) in [7, 11) is -3.24. The molecular formula is C14H19NO5S. The van der Waals surface area contributed by atoms with Gasteiger partial charge in [-0.25, -0.2) is 8.42 Å². The zero-order valence-corrected chi connectivity index (χ0v) is 12.6. The molecule has 0 saturated heterocycles. The van der Waals surface area contributed by atoms with Crippen LogP contribution in [0.3, 0.4) is 0 Å².